The summed E-state index contributed by atoms with van der Waals surface area (Å²) >= 11 is 0. The molecular formula is C16H25ClN2O3. The van der Waals surface area contributed by atoms with Crippen molar-refractivity contribution >= 4 is 12.4 Å². The first kappa shape index (κ1) is 17.2. The van der Waals surface area contributed by atoms with Gasteiger partial charge in [-0.05, 0) is 50.0 Å². The van der Waals surface area contributed by atoms with E-state index in [9.17, 15) is 0 Å². The summed E-state index contributed by atoms with van der Waals surface area (Å²) in [6.45, 7) is 3.08. The van der Waals surface area contributed by atoms with E-state index in [1.807, 2.05) is 0 Å². The highest BCUT2D eigenvalue weighted by atomic mass is 35.5. The summed E-state index contributed by atoms with van der Waals surface area (Å²) < 4.78 is 16.4. The smallest absolute Gasteiger partial charge is 0.231 e. The van der Waals surface area contributed by atoms with Crippen molar-refractivity contribution in [3.63, 3.8) is 0 Å². The highest BCUT2D eigenvalue weighted by molar-refractivity contribution is 5.85. The van der Waals surface area contributed by atoms with Crippen LogP contribution in [0.25, 0.3) is 0 Å². The number of hydrogen-bond donors (Lipinski definition) is 1. The molecule has 3 rings (SSSR count). The predicted molar refractivity (Wildman–Crippen MR) is 88.1 cm³/mol. The molecule has 1 aromatic rings. The van der Waals surface area contributed by atoms with E-state index in [-0.39, 0.29) is 19.2 Å². The molecule has 1 fully saturated rings. The molecule has 0 aliphatic carbocycles. The number of piperidine rings is 1. The predicted octanol–water partition coefficient (Wildman–Crippen LogP) is 2.55. The Morgan fingerprint density at radius 1 is 1.32 bits per heavy atom. The average molecular weight is 329 g/mol. The van der Waals surface area contributed by atoms with Crippen molar-refractivity contribution in [3.05, 3.63) is 17.7 Å². The van der Waals surface area contributed by atoms with Crippen LogP contribution in [-0.4, -0.2) is 37.9 Å². The number of nitrogens with zero attached hydrogens (tertiary/aromatic N) is 1. The molecule has 0 spiro atoms. The monoisotopic (exact) mass is 328 g/mol. The minimum Gasteiger partial charge on any atom is -0.493 e. The molecule has 0 saturated carbocycles. The number of nitrogens with two attached hydrogens (primary N) is 1. The maximum atomic E-state index is 5.75. The number of hydrogen-bond acceptors (Lipinski definition) is 5. The first-order chi connectivity index (χ1) is 10.3. The second kappa shape index (κ2) is 7.90. The summed E-state index contributed by atoms with van der Waals surface area (Å²) in [5.74, 6) is 2.27. The standard InChI is InChI=1S/C16H24N2O3.ClH/c1-19-14-8-12(9-15-16(14)21-11-20-15)10-18-7-3-2-4-13(18)5-6-17;/h8-9,13H,2-7,10-11,17H2,1H3;1H. The zero-order valence-corrected chi connectivity index (χ0v) is 13.9. The fraction of sp³-hybridized carbons (Fsp3) is 0.625. The molecule has 1 aromatic carbocycles. The zero-order chi connectivity index (χ0) is 14.7. The van der Waals surface area contributed by atoms with Gasteiger partial charge in [0.1, 0.15) is 0 Å². The number of rotatable bonds is 5. The maximum absolute atomic E-state index is 5.75. The Bertz CT molecular complexity index is 497. The first-order valence-corrected chi connectivity index (χ1v) is 7.72. The summed E-state index contributed by atoms with van der Waals surface area (Å²) in [5.41, 5.74) is 6.96. The van der Waals surface area contributed by atoms with Crippen molar-refractivity contribution in [2.24, 2.45) is 5.73 Å². The highest BCUT2D eigenvalue weighted by Crippen LogP contribution is 2.42. The molecule has 2 N–H and O–H groups in total. The summed E-state index contributed by atoms with van der Waals surface area (Å²) in [6, 6.07) is 4.72. The number of likely N-dealkylation sites (tertiary alicyclic amines) is 1. The third kappa shape index (κ3) is 3.59. The molecule has 1 atom stereocenters. The molecule has 0 amide bonds. The molecule has 2 aliphatic rings. The van der Waals surface area contributed by atoms with Gasteiger partial charge < -0.3 is 19.9 Å². The van der Waals surface area contributed by atoms with Crippen LogP contribution >= 0.6 is 12.4 Å². The molecule has 0 bridgehead atoms. The first-order valence-electron chi connectivity index (χ1n) is 7.72. The molecule has 2 heterocycles. The maximum Gasteiger partial charge on any atom is 0.231 e. The second-order valence-electron chi connectivity index (χ2n) is 5.73. The fourth-order valence-corrected chi connectivity index (χ4v) is 3.30. The van der Waals surface area contributed by atoms with E-state index in [0.717, 1.165) is 43.3 Å². The Kier molecular flexibility index (Phi) is 6.17. The van der Waals surface area contributed by atoms with E-state index in [1.165, 1.54) is 24.8 Å². The number of ether oxygens (including phenoxy) is 3. The van der Waals surface area contributed by atoms with E-state index >= 15 is 0 Å². The molecule has 1 saturated heterocycles. The van der Waals surface area contributed by atoms with Crippen LogP contribution in [0.1, 0.15) is 31.2 Å². The van der Waals surface area contributed by atoms with E-state index in [4.69, 9.17) is 19.9 Å². The lowest BCUT2D eigenvalue weighted by atomic mass is 9.98. The van der Waals surface area contributed by atoms with Crippen LogP contribution in [0.15, 0.2) is 12.1 Å². The van der Waals surface area contributed by atoms with Crippen LogP contribution in [0.2, 0.25) is 0 Å². The van der Waals surface area contributed by atoms with Gasteiger partial charge in [-0.3, -0.25) is 4.90 Å². The molecule has 124 valence electrons. The minimum absolute atomic E-state index is 0. The third-order valence-electron chi connectivity index (χ3n) is 4.35. The van der Waals surface area contributed by atoms with Gasteiger partial charge in [-0.25, -0.2) is 0 Å². The van der Waals surface area contributed by atoms with Gasteiger partial charge in [0.15, 0.2) is 11.5 Å². The number of methoxy groups -OCH3 is 1. The molecule has 22 heavy (non-hydrogen) atoms. The summed E-state index contributed by atoms with van der Waals surface area (Å²) in [5, 5.41) is 0. The van der Waals surface area contributed by atoms with Crippen molar-refractivity contribution in [2.75, 3.05) is 27.0 Å². The quantitative estimate of drug-likeness (QED) is 0.900. The summed E-state index contributed by atoms with van der Waals surface area (Å²) in [4.78, 5) is 2.54. The highest BCUT2D eigenvalue weighted by Gasteiger charge is 2.24. The van der Waals surface area contributed by atoms with E-state index in [2.05, 4.69) is 17.0 Å². The molecule has 0 aromatic heterocycles. The average Bonchev–Trinajstić information content (AvgIpc) is 2.97. The van der Waals surface area contributed by atoms with Crippen molar-refractivity contribution in [1.29, 1.82) is 0 Å². The van der Waals surface area contributed by atoms with Crippen molar-refractivity contribution in [2.45, 2.75) is 38.3 Å². The summed E-state index contributed by atoms with van der Waals surface area (Å²) in [6.07, 6.45) is 4.90. The van der Waals surface area contributed by atoms with Crippen molar-refractivity contribution in [3.8, 4) is 17.2 Å². The minimum atomic E-state index is 0. The zero-order valence-electron chi connectivity index (χ0n) is 13.0. The number of halogens is 1. The van der Waals surface area contributed by atoms with Gasteiger partial charge in [-0.1, -0.05) is 6.42 Å². The van der Waals surface area contributed by atoms with Crippen molar-refractivity contribution in [1.82, 2.24) is 4.90 Å². The number of benzene rings is 1. The van der Waals surface area contributed by atoms with Gasteiger partial charge >= 0.3 is 0 Å². The van der Waals surface area contributed by atoms with Crippen LogP contribution in [-0.2, 0) is 6.54 Å². The Balaban J connectivity index is 0.00000176. The van der Waals surface area contributed by atoms with E-state index in [1.54, 1.807) is 7.11 Å². The van der Waals surface area contributed by atoms with Crippen LogP contribution in [0.5, 0.6) is 17.2 Å². The van der Waals surface area contributed by atoms with Crippen LogP contribution < -0.4 is 19.9 Å². The summed E-state index contributed by atoms with van der Waals surface area (Å²) in [7, 11) is 1.67. The largest absolute Gasteiger partial charge is 0.493 e. The van der Waals surface area contributed by atoms with Crippen LogP contribution in [0, 0.1) is 0 Å². The molecule has 5 nitrogen and oxygen atoms in total. The van der Waals surface area contributed by atoms with E-state index in [0.29, 0.717) is 6.04 Å². The van der Waals surface area contributed by atoms with Gasteiger partial charge in [-0.15, -0.1) is 12.4 Å². The SMILES string of the molecule is COc1cc(CN2CCCCC2CCN)cc2c1OCO2.Cl. The lowest BCUT2D eigenvalue weighted by Gasteiger charge is -2.35. The van der Waals surface area contributed by atoms with Gasteiger partial charge in [0.2, 0.25) is 12.5 Å². The molecule has 2 aliphatic heterocycles. The van der Waals surface area contributed by atoms with Gasteiger partial charge in [0, 0.05) is 12.6 Å². The Hall–Kier alpha value is -1.17. The van der Waals surface area contributed by atoms with Gasteiger partial charge in [0.05, 0.1) is 7.11 Å². The van der Waals surface area contributed by atoms with Gasteiger partial charge in [-0.2, -0.15) is 0 Å². The van der Waals surface area contributed by atoms with Crippen molar-refractivity contribution < 1.29 is 14.2 Å². The lowest BCUT2D eigenvalue weighted by molar-refractivity contribution is 0.134. The van der Waals surface area contributed by atoms with Crippen LogP contribution in [0.4, 0.5) is 0 Å². The normalized spacial score (nSPS) is 20.5. The molecule has 0 radical (unpaired) electrons. The molecule has 6 heteroatoms. The van der Waals surface area contributed by atoms with Gasteiger partial charge in [0.25, 0.3) is 0 Å². The topological polar surface area (TPSA) is 57.0 Å². The van der Waals surface area contributed by atoms with Crippen LogP contribution in [0.3, 0.4) is 0 Å². The second-order valence-corrected chi connectivity index (χ2v) is 5.73. The Morgan fingerprint density at radius 3 is 2.95 bits per heavy atom. The third-order valence-corrected chi connectivity index (χ3v) is 4.35. The number of fused-ring (bicyclic) bond motifs is 1. The Morgan fingerprint density at radius 2 is 2.18 bits per heavy atom. The molecular weight excluding hydrogens is 304 g/mol. The molecule has 1 unspecified atom stereocenters. The lowest BCUT2D eigenvalue weighted by Crippen LogP contribution is -2.40. The van der Waals surface area contributed by atoms with E-state index < -0.39 is 0 Å². The fourth-order valence-electron chi connectivity index (χ4n) is 3.30. The Labute approximate surface area is 138 Å².